The van der Waals surface area contributed by atoms with Crippen LogP contribution < -0.4 is 0 Å². The van der Waals surface area contributed by atoms with Gasteiger partial charge in [0.15, 0.2) is 6.29 Å². The number of aromatic nitrogens is 2. The molecule has 1 aliphatic heterocycles. The molecule has 8 unspecified atom stereocenters. The van der Waals surface area contributed by atoms with Crippen LogP contribution in [0.3, 0.4) is 0 Å². The van der Waals surface area contributed by atoms with Gasteiger partial charge in [-0.15, -0.1) is 0 Å². The second-order valence-electron chi connectivity index (χ2n) is 7.27. The van der Waals surface area contributed by atoms with Gasteiger partial charge in [0.1, 0.15) is 60.5 Å². The van der Waals surface area contributed by atoms with Crippen LogP contribution in [0.5, 0.6) is 0 Å². The first kappa shape index (κ1) is 23.9. The molecule has 0 aliphatic carbocycles. The van der Waals surface area contributed by atoms with E-state index in [1.165, 1.54) is 6.07 Å². The van der Waals surface area contributed by atoms with E-state index in [0.29, 0.717) is 0 Å². The maximum atomic E-state index is 13.4. The number of aliphatic hydroxyl groups is 8. The quantitative estimate of drug-likeness (QED) is 0.195. The number of rotatable bonds is 8. The molecule has 9 N–H and O–H groups in total. The van der Waals surface area contributed by atoms with Crippen LogP contribution in [0, 0.1) is 5.82 Å². The van der Waals surface area contributed by atoms with Crippen LogP contribution in [0.4, 0.5) is 4.39 Å². The minimum atomic E-state index is -1.94. The van der Waals surface area contributed by atoms with Crippen molar-refractivity contribution < 1.29 is 54.7 Å². The number of aromatic amines is 1. The van der Waals surface area contributed by atoms with Gasteiger partial charge >= 0.3 is 0 Å². The van der Waals surface area contributed by atoms with E-state index in [1.807, 2.05) is 0 Å². The average Bonchev–Trinajstić information content (AvgIpc) is 3.18. The monoisotopic (exact) mass is 448 g/mol. The first-order valence-electron chi connectivity index (χ1n) is 9.44. The van der Waals surface area contributed by atoms with E-state index in [-0.39, 0.29) is 16.9 Å². The molecule has 9 atom stereocenters. The molecule has 1 aromatic carbocycles. The Morgan fingerprint density at radius 3 is 2.45 bits per heavy atom. The van der Waals surface area contributed by atoms with Gasteiger partial charge in [-0.2, -0.15) is 0 Å². The molecule has 2 aromatic rings. The number of benzene rings is 1. The predicted molar refractivity (Wildman–Crippen MR) is 98.8 cm³/mol. The summed E-state index contributed by atoms with van der Waals surface area (Å²) in [5.41, 5.74) is 0.520. The summed E-state index contributed by atoms with van der Waals surface area (Å²) in [5.74, 6) is -0.752. The molecular weight excluding hydrogens is 423 g/mol. The van der Waals surface area contributed by atoms with Crippen molar-refractivity contribution in [1.82, 2.24) is 9.97 Å². The molecular formula is C18H25FN2O10. The third-order valence-electron chi connectivity index (χ3n) is 5.11. The van der Waals surface area contributed by atoms with E-state index in [1.54, 1.807) is 0 Å². The third-order valence-corrected chi connectivity index (χ3v) is 5.11. The van der Waals surface area contributed by atoms with Crippen molar-refractivity contribution in [2.45, 2.75) is 55.1 Å². The smallest absolute Gasteiger partial charge is 0.187 e. The lowest BCUT2D eigenvalue weighted by Gasteiger charge is -2.42. The van der Waals surface area contributed by atoms with Gasteiger partial charge in [0.25, 0.3) is 0 Å². The van der Waals surface area contributed by atoms with Gasteiger partial charge in [-0.3, -0.25) is 0 Å². The van der Waals surface area contributed by atoms with Gasteiger partial charge in [0.05, 0.1) is 24.2 Å². The fourth-order valence-corrected chi connectivity index (χ4v) is 3.32. The first-order chi connectivity index (χ1) is 14.7. The summed E-state index contributed by atoms with van der Waals surface area (Å²) in [7, 11) is 0. The van der Waals surface area contributed by atoms with Crippen molar-refractivity contribution in [3.63, 3.8) is 0 Å². The van der Waals surface area contributed by atoms with Crippen molar-refractivity contribution in [2.24, 2.45) is 0 Å². The zero-order chi connectivity index (χ0) is 22.9. The molecule has 0 amide bonds. The molecule has 0 saturated carbocycles. The summed E-state index contributed by atoms with van der Waals surface area (Å²) in [6.45, 7) is -1.66. The van der Waals surface area contributed by atoms with E-state index in [9.17, 15) is 45.2 Å². The normalized spacial score (nSPS) is 30.8. The average molecular weight is 448 g/mol. The van der Waals surface area contributed by atoms with Crippen molar-refractivity contribution in [1.29, 1.82) is 0 Å². The molecule has 1 aromatic heterocycles. The standard InChI is InChI=1S/C18H25FN2O10/c19-6-1-2-7-8(3-6)21-17(20-7)14(28)13(27)16(9(24)4-22)31-18-15(29)12(26)11(25)10(5-23)30-18/h1-3,9-16,18,22-29H,4-5H2,(H,20,21)/t9?,10?,11?,12?,13?,14-,15?,16?,18?/m0/s1. The Morgan fingerprint density at radius 1 is 1.10 bits per heavy atom. The zero-order valence-electron chi connectivity index (χ0n) is 16.1. The number of fused-ring (bicyclic) bond motifs is 1. The number of imidazole rings is 1. The number of nitrogens with zero attached hydrogens (tertiary/aromatic N) is 1. The lowest BCUT2D eigenvalue weighted by molar-refractivity contribution is -0.327. The lowest BCUT2D eigenvalue weighted by atomic mass is 9.98. The molecule has 1 saturated heterocycles. The van der Waals surface area contributed by atoms with E-state index < -0.39 is 74.2 Å². The molecule has 1 fully saturated rings. The molecule has 3 rings (SSSR count). The van der Waals surface area contributed by atoms with Crippen LogP contribution in [-0.2, 0) is 9.47 Å². The van der Waals surface area contributed by atoms with Crippen molar-refractivity contribution in [3.8, 4) is 0 Å². The largest absolute Gasteiger partial charge is 0.394 e. The summed E-state index contributed by atoms with van der Waals surface area (Å²) in [4.78, 5) is 6.66. The Kier molecular flexibility index (Phi) is 7.54. The summed E-state index contributed by atoms with van der Waals surface area (Å²) >= 11 is 0. The number of hydrogen-bond donors (Lipinski definition) is 9. The van der Waals surface area contributed by atoms with Crippen LogP contribution in [0.15, 0.2) is 18.2 Å². The highest BCUT2D eigenvalue weighted by Gasteiger charge is 2.47. The van der Waals surface area contributed by atoms with Gasteiger partial charge in [-0.25, -0.2) is 9.37 Å². The van der Waals surface area contributed by atoms with Crippen molar-refractivity contribution in [2.75, 3.05) is 13.2 Å². The summed E-state index contributed by atoms with van der Waals surface area (Å²) in [6, 6.07) is 3.61. The molecule has 13 heteroatoms. The maximum Gasteiger partial charge on any atom is 0.187 e. The van der Waals surface area contributed by atoms with E-state index in [4.69, 9.17) is 9.47 Å². The highest BCUT2D eigenvalue weighted by Crippen LogP contribution is 2.28. The van der Waals surface area contributed by atoms with E-state index in [0.717, 1.165) is 12.1 Å². The number of ether oxygens (including phenoxy) is 2. The first-order valence-corrected chi connectivity index (χ1v) is 9.44. The van der Waals surface area contributed by atoms with Gasteiger partial charge in [-0.05, 0) is 18.2 Å². The topological polar surface area (TPSA) is 209 Å². The van der Waals surface area contributed by atoms with Gasteiger partial charge in [0.2, 0.25) is 0 Å². The second kappa shape index (κ2) is 9.79. The Bertz CT molecular complexity index is 867. The molecule has 0 spiro atoms. The Morgan fingerprint density at radius 2 is 1.81 bits per heavy atom. The van der Waals surface area contributed by atoms with Gasteiger partial charge in [-0.1, -0.05) is 0 Å². The SMILES string of the molecule is OCC(O)C(OC1OC(CO)C(O)C(O)C1O)C(O)[C@H](O)c1nc2ccc(F)cc2[nH]1. The highest BCUT2D eigenvalue weighted by atomic mass is 19.1. The molecule has 0 bridgehead atoms. The Hall–Kier alpha value is -1.78. The highest BCUT2D eigenvalue weighted by molar-refractivity contribution is 5.75. The molecule has 31 heavy (non-hydrogen) atoms. The van der Waals surface area contributed by atoms with Crippen LogP contribution in [0.2, 0.25) is 0 Å². The number of halogens is 1. The van der Waals surface area contributed by atoms with Gasteiger partial charge in [0, 0.05) is 0 Å². The molecule has 2 heterocycles. The lowest BCUT2D eigenvalue weighted by Crippen LogP contribution is -2.61. The van der Waals surface area contributed by atoms with Crippen molar-refractivity contribution >= 4 is 11.0 Å². The summed E-state index contributed by atoms with van der Waals surface area (Å²) in [6.07, 6.45) is -15.7. The van der Waals surface area contributed by atoms with Gasteiger partial charge < -0.3 is 55.3 Å². The zero-order valence-corrected chi connectivity index (χ0v) is 16.1. The van der Waals surface area contributed by atoms with E-state index >= 15 is 0 Å². The number of H-pyrrole nitrogens is 1. The third kappa shape index (κ3) is 4.85. The van der Waals surface area contributed by atoms with E-state index in [2.05, 4.69) is 9.97 Å². The minimum Gasteiger partial charge on any atom is -0.394 e. The van der Waals surface area contributed by atoms with Crippen LogP contribution in [-0.4, -0.2) is 113 Å². The van der Waals surface area contributed by atoms with Crippen molar-refractivity contribution in [3.05, 3.63) is 29.8 Å². The molecule has 1 aliphatic rings. The number of aliphatic hydroxyl groups excluding tert-OH is 8. The Labute approximate surface area is 174 Å². The molecule has 0 radical (unpaired) electrons. The minimum absolute atomic E-state index is 0.194. The van der Waals surface area contributed by atoms with Crippen LogP contribution in [0.25, 0.3) is 11.0 Å². The van der Waals surface area contributed by atoms with Crippen LogP contribution in [0.1, 0.15) is 11.9 Å². The molecule has 174 valence electrons. The number of nitrogens with one attached hydrogen (secondary N) is 1. The number of hydrogen-bond acceptors (Lipinski definition) is 11. The summed E-state index contributed by atoms with van der Waals surface area (Å²) in [5, 5.41) is 79.6. The maximum absolute atomic E-state index is 13.4. The van der Waals surface area contributed by atoms with Crippen LogP contribution >= 0.6 is 0 Å². The summed E-state index contributed by atoms with van der Waals surface area (Å²) < 4.78 is 23.9. The predicted octanol–water partition coefficient (Wildman–Crippen LogP) is -3.37. The Balaban J connectivity index is 1.82. The molecule has 12 nitrogen and oxygen atoms in total. The fourth-order valence-electron chi connectivity index (χ4n) is 3.32. The second-order valence-corrected chi connectivity index (χ2v) is 7.27. The fraction of sp³-hybridized carbons (Fsp3) is 0.611.